The molecule has 0 aromatic heterocycles. The molecule has 0 spiro atoms. The molecule has 0 radical (unpaired) electrons. The van der Waals surface area contributed by atoms with Crippen molar-refractivity contribution >= 4 is 18.0 Å². The predicted molar refractivity (Wildman–Crippen MR) is 49.4 cm³/mol. The van der Waals surface area contributed by atoms with E-state index in [1.807, 2.05) is 0 Å². The van der Waals surface area contributed by atoms with Crippen molar-refractivity contribution < 1.29 is 9.59 Å². The topological polar surface area (TPSA) is 72.2 Å². The van der Waals surface area contributed by atoms with Crippen LogP contribution >= 0.6 is 0 Å². The highest BCUT2D eigenvalue weighted by Gasteiger charge is 2.01. The van der Waals surface area contributed by atoms with Gasteiger partial charge in [-0.1, -0.05) is 18.2 Å². The van der Waals surface area contributed by atoms with Crippen LogP contribution in [0.3, 0.4) is 0 Å². The van der Waals surface area contributed by atoms with Gasteiger partial charge in [-0.25, -0.2) is 4.79 Å². The van der Waals surface area contributed by atoms with Crippen LogP contribution in [0.1, 0.15) is 5.56 Å². The Morgan fingerprint density at radius 1 is 1.46 bits per heavy atom. The largest absolute Gasteiger partial charge is 0.351 e. The lowest BCUT2D eigenvalue weighted by atomic mass is 10.1. The highest BCUT2D eigenvalue weighted by Crippen LogP contribution is 2.14. The standard InChI is InChI=1S/C9H10N2O2/c10-9(13)11-8-4-2-1-3-7(8)5-6-12/h1-4,6H,5H2,(H3,10,11,13). The molecule has 3 N–H and O–H groups in total. The first-order valence-electron chi connectivity index (χ1n) is 3.82. The van der Waals surface area contributed by atoms with E-state index in [2.05, 4.69) is 5.32 Å². The number of hydrogen-bond acceptors (Lipinski definition) is 2. The molecule has 0 saturated carbocycles. The summed E-state index contributed by atoms with van der Waals surface area (Å²) < 4.78 is 0. The Bertz CT molecular complexity index is 323. The minimum Gasteiger partial charge on any atom is -0.351 e. The molecule has 0 atom stereocenters. The molecule has 2 amide bonds. The fourth-order valence-corrected chi connectivity index (χ4v) is 1.04. The molecule has 68 valence electrons. The Hall–Kier alpha value is -1.84. The Kier molecular flexibility index (Phi) is 3.03. The van der Waals surface area contributed by atoms with Crippen LogP contribution in [0.5, 0.6) is 0 Å². The van der Waals surface area contributed by atoms with E-state index in [4.69, 9.17) is 5.73 Å². The maximum absolute atomic E-state index is 10.5. The number of aldehydes is 1. The molecular formula is C9H10N2O2. The first-order valence-corrected chi connectivity index (χ1v) is 3.82. The maximum Gasteiger partial charge on any atom is 0.316 e. The van der Waals surface area contributed by atoms with Crippen molar-refractivity contribution in [1.82, 2.24) is 0 Å². The molecule has 1 aromatic carbocycles. The summed E-state index contributed by atoms with van der Waals surface area (Å²) >= 11 is 0. The lowest BCUT2D eigenvalue weighted by Gasteiger charge is -2.05. The van der Waals surface area contributed by atoms with Crippen LogP contribution in [0.25, 0.3) is 0 Å². The van der Waals surface area contributed by atoms with Gasteiger partial charge in [-0.2, -0.15) is 0 Å². The van der Waals surface area contributed by atoms with Crippen LogP contribution in [0, 0.1) is 0 Å². The van der Waals surface area contributed by atoms with E-state index in [0.717, 1.165) is 11.8 Å². The first kappa shape index (κ1) is 9.25. The van der Waals surface area contributed by atoms with Gasteiger partial charge in [0.2, 0.25) is 0 Å². The second kappa shape index (κ2) is 4.25. The number of nitrogens with one attached hydrogen (secondary N) is 1. The number of benzene rings is 1. The van der Waals surface area contributed by atoms with Gasteiger partial charge >= 0.3 is 6.03 Å². The lowest BCUT2D eigenvalue weighted by molar-refractivity contribution is -0.107. The van der Waals surface area contributed by atoms with Crippen LogP contribution in [0.4, 0.5) is 10.5 Å². The molecule has 1 aromatic rings. The number of anilines is 1. The fourth-order valence-electron chi connectivity index (χ4n) is 1.04. The molecule has 0 aliphatic carbocycles. The van der Waals surface area contributed by atoms with E-state index in [0.29, 0.717) is 5.69 Å². The summed E-state index contributed by atoms with van der Waals surface area (Å²) in [5, 5.41) is 2.44. The molecule has 0 heterocycles. The van der Waals surface area contributed by atoms with Crippen molar-refractivity contribution in [3.8, 4) is 0 Å². The number of primary amides is 1. The summed E-state index contributed by atoms with van der Waals surface area (Å²) in [6, 6.07) is 6.40. The van der Waals surface area contributed by atoms with Crippen LogP contribution in [-0.4, -0.2) is 12.3 Å². The number of rotatable bonds is 3. The lowest BCUT2D eigenvalue weighted by Crippen LogP contribution is -2.20. The average molecular weight is 178 g/mol. The highest BCUT2D eigenvalue weighted by molar-refractivity contribution is 5.89. The third kappa shape index (κ3) is 2.59. The fraction of sp³-hybridized carbons (Fsp3) is 0.111. The summed E-state index contributed by atoms with van der Waals surface area (Å²) in [7, 11) is 0. The van der Waals surface area contributed by atoms with Gasteiger partial charge in [-0.15, -0.1) is 0 Å². The normalized spacial score (nSPS) is 9.23. The minimum absolute atomic E-state index is 0.274. The van der Waals surface area contributed by atoms with E-state index < -0.39 is 6.03 Å². The van der Waals surface area contributed by atoms with Crippen molar-refractivity contribution in [2.75, 3.05) is 5.32 Å². The summed E-state index contributed by atoms with van der Waals surface area (Å²) in [6.07, 6.45) is 1.05. The van der Waals surface area contributed by atoms with E-state index in [-0.39, 0.29) is 6.42 Å². The van der Waals surface area contributed by atoms with Crippen molar-refractivity contribution in [2.24, 2.45) is 5.73 Å². The zero-order valence-corrected chi connectivity index (χ0v) is 6.99. The molecule has 0 bridgehead atoms. The second-order valence-corrected chi connectivity index (χ2v) is 2.52. The van der Waals surface area contributed by atoms with Crippen molar-refractivity contribution in [3.05, 3.63) is 29.8 Å². The number of amides is 2. The van der Waals surface area contributed by atoms with E-state index in [9.17, 15) is 9.59 Å². The zero-order valence-electron chi connectivity index (χ0n) is 6.99. The molecule has 0 unspecified atom stereocenters. The van der Waals surface area contributed by atoms with Gasteiger partial charge in [0.1, 0.15) is 6.29 Å². The molecule has 0 aliphatic heterocycles. The summed E-state index contributed by atoms with van der Waals surface area (Å²) in [4.78, 5) is 20.8. The Labute approximate surface area is 75.7 Å². The van der Waals surface area contributed by atoms with Crippen LogP contribution < -0.4 is 11.1 Å². The quantitative estimate of drug-likeness (QED) is 0.675. The van der Waals surface area contributed by atoms with Gasteiger partial charge in [0.25, 0.3) is 0 Å². The summed E-state index contributed by atoms with van der Waals surface area (Å²) in [5.74, 6) is 0. The monoisotopic (exact) mass is 178 g/mol. The van der Waals surface area contributed by atoms with Gasteiger partial charge in [0.15, 0.2) is 0 Å². The van der Waals surface area contributed by atoms with E-state index in [1.165, 1.54) is 0 Å². The molecule has 0 aliphatic rings. The van der Waals surface area contributed by atoms with Crippen LogP contribution in [0.15, 0.2) is 24.3 Å². The third-order valence-electron chi connectivity index (χ3n) is 1.58. The Balaban J connectivity index is 2.90. The Morgan fingerprint density at radius 2 is 2.15 bits per heavy atom. The number of urea groups is 1. The average Bonchev–Trinajstić information content (AvgIpc) is 2.08. The van der Waals surface area contributed by atoms with Gasteiger partial charge in [-0.05, 0) is 11.6 Å². The minimum atomic E-state index is -0.627. The van der Waals surface area contributed by atoms with Crippen LogP contribution in [-0.2, 0) is 11.2 Å². The summed E-state index contributed by atoms with van der Waals surface area (Å²) in [6.45, 7) is 0. The predicted octanol–water partition coefficient (Wildman–Crippen LogP) is 0.919. The van der Waals surface area contributed by atoms with E-state index >= 15 is 0 Å². The number of hydrogen-bond donors (Lipinski definition) is 2. The van der Waals surface area contributed by atoms with Crippen LogP contribution in [0.2, 0.25) is 0 Å². The first-order chi connectivity index (χ1) is 6.24. The van der Waals surface area contributed by atoms with E-state index in [1.54, 1.807) is 24.3 Å². The van der Waals surface area contributed by atoms with Gasteiger partial charge in [-0.3, -0.25) is 0 Å². The van der Waals surface area contributed by atoms with Crippen molar-refractivity contribution in [3.63, 3.8) is 0 Å². The number of carbonyl (C=O) groups is 2. The second-order valence-electron chi connectivity index (χ2n) is 2.52. The number of para-hydroxylation sites is 1. The van der Waals surface area contributed by atoms with Gasteiger partial charge in [0.05, 0.1) is 0 Å². The molecule has 4 heteroatoms. The molecule has 13 heavy (non-hydrogen) atoms. The zero-order chi connectivity index (χ0) is 9.68. The number of carbonyl (C=O) groups excluding carboxylic acids is 2. The summed E-state index contributed by atoms with van der Waals surface area (Å²) in [5.41, 5.74) is 6.30. The Morgan fingerprint density at radius 3 is 2.77 bits per heavy atom. The highest BCUT2D eigenvalue weighted by atomic mass is 16.2. The third-order valence-corrected chi connectivity index (χ3v) is 1.58. The molecule has 0 fully saturated rings. The molecular weight excluding hydrogens is 168 g/mol. The molecule has 4 nitrogen and oxygen atoms in total. The molecule has 1 rings (SSSR count). The maximum atomic E-state index is 10.5. The van der Waals surface area contributed by atoms with Gasteiger partial charge in [0, 0.05) is 12.1 Å². The smallest absolute Gasteiger partial charge is 0.316 e. The molecule has 0 saturated heterocycles. The number of nitrogens with two attached hydrogens (primary N) is 1. The van der Waals surface area contributed by atoms with Gasteiger partial charge < -0.3 is 15.8 Å². The van der Waals surface area contributed by atoms with Crippen molar-refractivity contribution in [2.45, 2.75) is 6.42 Å². The van der Waals surface area contributed by atoms with Crippen molar-refractivity contribution in [1.29, 1.82) is 0 Å². The SMILES string of the molecule is NC(=O)Nc1ccccc1CC=O.